The van der Waals surface area contributed by atoms with E-state index in [0.717, 1.165) is 49.4 Å². The van der Waals surface area contributed by atoms with Crippen LogP contribution in [-0.4, -0.2) is 42.9 Å². The van der Waals surface area contributed by atoms with Crippen molar-refractivity contribution < 1.29 is 9.59 Å². The lowest BCUT2D eigenvalue weighted by atomic mass is 10.0. The van der Waals surface area contributed by atoms with Crippen molar-refractivity contribution in [3.05, 3.63) is 23.8 Å². The maximum atomic E-state index is 12.4. The molecule has 5 nitrogen and oxygen atoms in total. The van der Waals surface area contributed by atoms with Crippen molar-refractivity contribution in [2.45, 2.75) is 39.5 Å². The van der Waals surface area contributed by atoms with Gasteiger partial charge in [0, 0.05) is 37.4 Å². The summed E-state index contributed by atoms with van der Waals surface area (Å²) in [4.78, 5) is 28.2. The van der Waals surface area contributed by atoms with Crippen LogP contribution in [0.15, 0.2) is 18.2 Å². The lowest BCUT2D eigenvalue weighted by Gasteiger charge is -2.31. The van der Waals surface area contributed by atoms with Gasteiger partial charge in [0.05, 0.1) is 6.54 Å². The minimum absolute atomic E-state index is 0.156. The molecule has 1 aromatic rings. The maximum Gasteiger partial charge on any atom is 0.241 e. The summed E-state index contributed by atoms with van der Waals surface area (Å²) in [6, 6.07) is 5.91. The second kappa shape index (κ2) is 7.24. The second-order valence-corrected chi connectivity index (χ2v) is 7.04. The van der Waals surface area contributed by atoms with Gasteiger partial charge >= 0.3 is 0 Å². The average Bonchev–Trinajstić information content (AvgIpc) is 2.99. The summed E-state index contributed by atoms with van der Waals surface area (Å²) in [5, 5.41) is 3.27. The van der Waals surface area contributed by atoms with Gasteiger partial charge in [0.1, 0.15) is 0 Å². The first-order valence-electron chi connectivity index (χ1n) is 8.98. The van der Waals surface area contributed by atoms with Crippen LogP contribution in [0.3, 0.4) is 0 Å². The number of carbonyl (C=O) groups is 2. The molecule has 2 saturated heterocycles. The molecular weight excluding hydrogens is 302 g/mol. The van der Waals surface area contributed by atoms with Crippen LogP contribution in [0.25, 0.3) is 0 Å². The van der Waals surface area contributed by atoms with Crippen LogP contribution in [0.2, 0.25) is 0 Å². The van der Waals surface area contributed by atoms with E-state index in [-0.39, 0.29) is 11.8 Å². The summed E-state index contributed by atoms with van der Waals surface area (Å²) in [6.45, 7) is 7.04. The summed E-state index contributed by atoms with van der Waals surface area (Å²) in [7, 11) is 0. The van der Waals surface area contributed by atoms with Gasteiger partial charge in [-0.1, -0.05) is 13.0 Å². The van der Waals surface area contributed by atoms with Crippen LogP contribution in [0.1, 0.15) is 38.2 Å². The lowest BCUT2D eigenvalue weighted by molar-refractivity contribution is -0.131. The Balaban J connectivity index is 1.65. The quantitative estimate of drug-likeness (QED) is 0.924. The van der Waals surface area contributed by atoms with Gasteiger partial charge in [0.15, 0.2) is 0 Å². The van der Waals surface area contributed by atoms with Gasteiger partial charge in [-0.2, -0.15) is 0 Å². The number of piperidine rings is 1. The standard InChI is InChI=1S/C19H27N3O2/c1-14-6-4-10-21(13-14)19(24)12-20-16-7-3-8-17(15(16)2)22-11-5-9-18(22)23/h3,7-8,14,20H,4-6,9-13H2,1-2H3/t14-/m1/s1. The molecule has 2 aliphatic heterocycles. The molecule has 0 radical (unpaired) electrons. The Hall–Kier alpha value is -2.04. The summed E-state index contributed by atoms with van der Waals surface area (Å²) in [5.74, 6) is 0.936. The van der Waals surface area contributed by atoms with Crippen molar-refractivity contribution in [3.63, 3.8) is 0 Å². The van der Waals surface area contributed by atoms with E-state index >= 15 is 0 Å². The van der Waals surface area contributed by atoms with E-state index in [2.05, 4.69) is 12.2 Å². The molecule has 3 rings (SSSR count). The predicted octanol–water partition coefficient (Wildman–Crippen LogP) is 2.79. The largest absolute Gasteiger partial charge is 0.376 e. The number of rotatable bonds is 4. The number of hydrogen-bond donors (Lipinski definition) is 1. The summed E-state index contributed by atoms with van der Waals surface area (Å²) < 4.78 is 0. The highest BCUT2D eigenvalue weighted by Crippen LogP contribution is 2.29. The highest BCUT2D eigenvalue weighted by molar-refractivity contribution is 5.97. The third-order valence-corrected chi connectivity index (χ3v) is 5.11. The van der Waals surface area contributed by atoms with Gasteiger partial charge in [0.2, 0.25) is 11.8 Å². The molecule has 0 bridgehead atoms. The van der Waals surface area contributed by atoms with E-state index in [1.165, 1.54) is 6.42 Å². The fourth-order valence-electron chi connectivity index (χ4n) is 3.71. The molecule has 1 aromatic carbocycles. The fraction of sp³-hybridized carbons (Fsp3) is 0.579. The van der Waals surface area contributed by atoms with Gasteiger partial charge in [-0.05, 0) is 49.8 Å². The number of amides is 2. The van der Waals surface area contributed by atoms with E-state index in [1.54, 1.807) is 0 Å². The molecule has 0 saturated carbocycles. The van der Waals surface area contributed by atoms with Crippen LogP contribution in [-0.2, 0) is 9.59 Å². The molecule has 2 heterocycles. The topological polar surface area (TPSA) is 52.7 Å². The van der Waals surface area contributed by atoms with Crippen LogP contribution in [0.5, 0.6) is 0 Å². The first kappa shape index (κ1) is 16.8. The lowest BCUT2D eigenvalue weighted by Crippen LogP contribution is -2.42. The summed E-state index contributed by atoms with van der Waals surface area (Å²) in [5.41, 5.74) is 2.93. The van der Waals surface area contributed by atoms with E-state index in [4.69, 9.17) is 0 Å². The fourth-order valence-corrected chi connectivity index (χ4v) is 3.71. The van der Waals surface area contributed by atoms with Crippen molar-refractivity contribution in [2.75, 3.05) is 36.4 Å². The molecule has 5 heteroatoms. The van der Waals surface area contributed by atoms with E-state index in [9.17, 15) is 9.59 Å². The molecule has 0 aromatic heterocycles. The predicted molar refractivity (Wildman–Crippen MR) is 96.2 cm³/mol. The van der Waals surface area contributed by atoms with Gasteiger partial charge in [-0.25, -0.2) is 0 Å². The zero-order chi connectivity index (χ0) is 17.1. The van der Waals surface area contributed by atoms with Gasteiger partial charge in [-0.15, -0.1) is 0 Å². The highest BCUT2D eigenvalue weighted by Gasteiger charge is 2.24. The number of carbonyl (C=O) groups excluding carboxylic acids is 2. The molecule has 1 N–H and O–H groups in total. The summed E-state index contributed by atoms with van der Waals surface area (Å²) >= 11 is 0. The van der Waals surface area contributed by atoms with E-state index < -0.39 is 0 Å². The number of hydrogen-bond acceptors (Lipinski definition) is 3. The first-order chi connectivity index (χ1) is 11.6. The molecule has 2 fully saturated rings. The highest BCUT2D eigenvalue weighted by atomic mass is 16.2. The Morgan fingerprint density at radius 2 is 2.12 bits per heavy atom. The third kappa shape index (κ3) is 3.55. The molecule has 0 aliphatic carbocycles. The SMILES string of the molecule is Cc1c(NCC(=O)N2CCC[C@@H](C)C2)cccc1N1CCCC1=O. The molecule has 2 aliphatic rings. The Labute approximate surface area is 144 Å². The first-order valence-corrected chi connectivity index (χ1v) is 8.98. The van der Waals surface area contributed by atoms with Crippen molar-refractivity contribution in [3.8, 4) is 0 Å². The Kier molecular flexibility index (Phi) is 5.07. The number of anilines is 2. The van der Waals surface area contributed by atoms with Crippen molar-refractivity contribution in [1.82, 2.24) is 4.90 Å². The van der Waals surface area contributed by atoms with Gasteiger partial charge in [0.25, 0.3) is 0 Å². The van der Waals surface area contributed by atoms with Crippen LogP contribution in [0, 0.1) is 12.8 Å². The molecule has 0 spiro atoms. The Morgan fingerprint density at radius 3 is 2.83 bits per heavy atom. The van der Waals surface area contributed by atoms with Crippen LogP contribution >= 0.6 is 0 Å². The van der Waals surface area contributed by atoms with Crippen LogP contribution in [0.4, 0.5) is 11.4 Å². The maximum absolute atomic E-state index is 12.4. The van der Waals surface area contributed by atoms with Gasteiger partial charge in [-0.3, -0.25) is 9.59 Å². The number of benzene rings is 1. The average molecular weight is 329 g/mol. The molecular formula is C19H27N3O2. The molecule has 130 valence electrons. The zero-order valence-corrected chi connectivity index (χ0v) is 14.7. The van der Waals surface area contributed by atoms with Crippen molar-refractivity contribution in [1.29, 1.82) is 0 Å². The number of likely N-dealkylation sites (tertiary alicyclic amines) is 1. The van der Waals surface area contributed by atoms with Gasteiger partial charge < -0.3 is 15.1 Å². The van der Waals surface area contributed by atoms with Crippen molar-refractivity contribution in [2.24, 2.45) is 5.92 Å². The Bertz CT molecular complexity index is 629. The molecule has 1 atom stereocenters. The Morgan fingerprint density at radius 1 is 1.29 bits per heavy atom. The number of nitrogens with one attached hydrogen (secondary N) is 1. The van der Waals surface area contributed by atoms with Crippen molar-refractivity contribution >= 4 is 23.2 Å². The minimum Gasteiger partial charge on any atom is -0.376 e. The zero-order valence-electron chi connectivity index (χ0n) is 14.7. The second-order valence-electron chi connectivity index (χ2n) is 7.04. The van der Waals surface area contributed by atoms with Crippen LogP contribution < -0.4 is 10.2 Å². The minimum atomic E-state index is 0.156. The number of nitrogens with zero attached hydrogens (tertiary/aromatic N) is 2. The smallest absolute Gasteiger partial charge is 0.241 e. The summed E-state index contributed by atoms with van der Waals surface area (Å²) in [6.07, 6.45) is 3.85. The molecule has 24 heavy (non-hydrogen) atoms. The monoisotopic (exact) mass is 329 g/mol. The molecule has 2 amide bonds. The normalized spacial score (nSPS) is 21.2. The van der Waals surface area contributed by atoms with E-state index in [0.29, 0.717) is 18.9 Å². The molecule has 0 unspecified atom stereocenters. The third-order valence-electron chi connectivity index (χ3n) is 5.11. The van der Waals surface area contributed by atoms with E-state index in [1.807, 2.05) is 34.9 Å².